The number of hydrogen-bond acceptors (Lipinski definition) is 2. The van der Waals surface area contributed by atoms with E-state index < -0.39 is 9.73 Å². The van der Waals surface area contributed by atoms with Crippen molar-refractivity contribution in [3.63, 3.8) is 0 Å². The van der Waals surface area contributed by atoms with Gasteiger partial charge in [0.2, 0.25) is 0 Å². The molecule has 0 amide bonds. The van der Waals surface area contributed by atoms with E-state index in [0.29, 0.717) is 20.6 Å². The van der Waals surface area contributed by atoms with Crippen molar-refractivity contribution in [3.8, 4) is 0 Å². The highest BCUT2D eigenvalue weighted by molar-refractivity contribution is 9.10. The molecule has 15 heavy (non-hydrogen) atoms. The first-order valence-corrected chi connectivity index (χ1v) is 7.02. The van der Waals surface area contributed by atoms with E-state index in [9.17, 15) is 8.60 Å². The Labute approximate surface area is 96.5 Å². The minimum atomic E-state index is -2.48. The lowest BCUT2D eigenvalue weighted by atomic mass is 10.2. The number of allylic oxidation sites excluding steroid dienone is 1. The number of nitrogens with zero attached hydrogens (tertiary/aromatic N) is 1. The van der Waals surface area contributed by atoms with Crippen LogP contribution >= 0.6 is 15.9 Å². The first kappa shape index (κ1) is 10.8. The van der Waals surface area contributed by atoms with Crippen LogP contribution in [0, 0.1) is 5.82 Å². The fourth-order valence-corrected chi connectivity index (χ4v) is 3.50. The highest BCUT2D eigenvalue weighted by Gasteiger charge is 2.20. The van der Waals surface area contributed by atoms with E-state index in [1.807, 2.05) is 0 Å². The Morgan fingerprint density at radius 1 is 1.47 bits per heavy atom. The zero-order valence-corrected chi connectivity index (χ0v) is 10.7. The highest BCUT2D eigenvalue weighted by atomic mass is 79.9. The third-order valence-electron chi connectivity index (χ3n) is 2.17. The molecule has 0 aliphatic carbocycles. The quantitative estimate of drug-likeness (QED) is 0.720. The molecule has 1 atom stereocenters. The van der Waals surface area contributed by atoms with Gasteiger partial charge in [-0.1, -0.05) is 0 Å². The number of halogens is 2. The Balaban J connectivity index is 2.89. The molecule has 5 heteroatoms. The van der Waals surface area contributed by atoms with Crippen LogP contribution in [0.1, 0.15) is 12.5 Å². The molecule has 0 saturated heterocycles. The van der Waals surface area contributed by atoms with Gasteiger partial charge < -0.3 is 0 Å². The van der Waals surface area contributed by atoms with Gasteiger partial charge in [-0.3, -0.25) is 0 Å². The van der Waals surface area contributed by atoms with Gasteiger partial charge in [-0.15, -0.1) is 0 Å². The molecular weight excluding hydrogens is 281 g/mol. The van der Waals surface area contributed by atoms with Crippen molar-refractivity contribution in [1.82, 2.24) is 0 Å². The number of benzene rings is 1. The number of fused-ring (bicyclic) bond motifs is 1. The maximum atomic E-state index is 13.7. The van der Waals surface area contributed by atoms with Gasteiger partial charge in [-0.2, -0.15) is 0 Å². The maximum absolute atomic E-state index is 13.7. The van der Waals surface area contributed by atoms with Crippen molar-refractivity contribution in [1.29, 1.82) is 0 Å². The van der Waals surface area contributed by atoms with Gasteiger partial charge in [0.15, 0.2) is 0 Å². The summed E-state index contributed by atoms with van der Waals surface area (Å²) < 4.78 is 30.3. The molecule has 0 saturated carbocycles. The Morgan fingerprint density at radius 2 is 2.13 bits per heavy atom. The van der Waals surface area contributed by atoms with Crippen molar-refractivity contribution in [2.75, 3.05) is 6.26 Å². The van der Waals surface area contributed by atoms with Crippen LogP contribution in [0.5, 0.6) is 0 Å². The van der Waals surface area contributed by atoms with Crippen molar-refractivity contribution < 1.29 is 8.60 Å². The molecule has 1 heterocycles. The van der Waals surface area contributed by atoms with E-state index in [2.05, 4.69) is 20.3 Å². The van der Waals surface area contributed by atoms with E-state index in [1.54, 1.807) is 25.1 Å². The molecule has 1 aliphatic heterocycles. The Hall–Kier alpha value is -0.680. The van der Waals surface area contributed by atoms with Crippen molar-refractivity contribution in [3.05, 3.63) is 33.7 Å². The fourth-order valence-electron chi connectivity index (χ4n) is 1.57. The van der Waals surface area contributed by atoms with Gasteiger partial charge in [-0.05, 0) is 41.1 Å². The van der Waals surface area contributed by atoms with Crippen LogP contribution < -0.4 is 0 Å². The van der Waals surface area contributed by atoms with Gasteiger partial charge in [0.1, 0.15) is 5.82 Å². The van der Waals surface area contributed by atoms with Gasteiger partial charge in [-0.25, -0.2) is 13.0 Å². The summed E-state index contributed by atoms with van der Waals surface area (Å²) in [6.07, 6.45) is 3.14. The zero-order valence-electron chi connectivity index (χ0n) is 8.25. The second kappa shape index (κ2) is 3.42. The summed E-state index contributed by atoms with van der Waals surface area (Å²) in [6, 6.07) is 3.21. The van der Waals surface area contributed by atoms with Crippen LogP contribution in [0.3, 0.4) is 0 Å². The van der Waals surface area contributed by atoms with Gasteiger partial charge in [0.25, 0.3) is 0 Å². The third-order valence-corrected chi connectivity index (χ3v) is 4.59. The molecule has 0 spiro atoms. The molecule has 2 rings (SSSR count). The highest BCUT2D eigenvalue weighted by Crippen LogP contribution is 2.31. The number of hydrogen-bond donors (Lipinski definition) is 0. The van der Waals surface area contributed by atoms with Crippen LogP contribution in [0.25, 0.3) is 6.08 Å². The average Bonchev–Trinajstić information content (AvgIpc) is 2.10. The summed E-state index contributed by atoms with van der Waals surface area (Å²) in [6.45, 7) is 1.71. The summed E-state index contributed by atoms with van der Waals surface area (Å²) in [5, 5.41) is 0. The molecular formula is C10H9BrFNOS. The minimum Gasteiger partial charge on any atom is -0.245 e. The zero-order chi connectivity index (χ0) is 11.2. The summed E-state index contributed by atoms with van der Waals surface area (Å²) in [5.74, 6) is -0.378. The monoisotopic (exact) mass is 289 g/mol. The Kier molecular flexibility index (Phi) is 2.47. The predicted molar refractivity (Wildman–Crippen MR) is 62.5 cm³/mol. The van der Waals surface area contributed by atoms with Crippen molar-refractivity contribution in [2.24, 2.45) is 4.36 Å². The maximum Gasteiger partial charge on any atom is 0.145 e. The molecule has 1 aliphatic rings. The fraction of sp³-hybridized carbons (Fsp3) is 0.200. The minimum absolute atomic E-state index is 0.377. The standard InChI is InChI=1S/C10H9BrFNOS/c1-6-5-7-9(15(2,14)13-6)4-3-8(11)10(7)12/h3-5H,1-2H3. The smallest absolute Gasteiger partial charge is 0.145 e. The second-order valence-electron chi connectivity index (χ2n) is 3.45. The van der Waals surface area contributed by atoms with E-state index >= 15 is 0 Å². The summed E-state index contributed by atoms with van der Waals surface area (Å²) in [5.41, 5.74) is 0.969. The Bertz CT molecular complexity index is 585. The van der Waals surface area contributed by atoms with Crippen LogP contribution in [0.4, 0.5) is 4.39 Å². The van der Waals surface area contributed by atoms with Crippen molar-refractivity contribution >= 4 is 31.7 Å². The molecule has 1 unspecified atom stereocenters. The first-order valence-electron chi connectivity index (χ1n) is 4.30. The largest absolute Gasteiger partial charge is 0.245 e. The molecule has 2 nitrogen and oxygen atoms in total. The van der Waals surface area contributed by atoms with Crippen LogP contribution in [-0.4, -0.2) is 10.5 Å². The van der Waals surface area contributed by atoms with Crippen LogP contribution in [0.2, 0.25) is 0 Å². The van der Waals surface area contributed by atoms with Gasteiger partial charge in [0.05, 0.1) is 19.1 Å². The lowest BCUT2D eigenvalue weighted by molar-refractivity contribution is 0.611. The average molecular weight is 290 g/mol. The number of rotatable bonds is 0. The molecule has 1 aromatic rings. The van der Waals surface area contributed by atoms with Crippen molar-refractivity contribution in [2.45, 2.75) is 11.8 Å². The van der Waals surface area contributed by atoms with E-state index in [-0.39, 0.29) is 5.82 Å². The molecule has 0 aromatic heterocycles. The molecule has 0 fully saturated rings. The van der Waals surface area contributed by atoms with E-state index in [4.69, 9.17) is 0 Å². The van der Waals surface area contributed by atoms with Crippen LogP contribution in [-0.2, 0) is 9.73 Å². The topological polar surface area (TPSA) is 29.4 Å². The van der Waals surface area contributed by atoms with Gasteiger partial charge in [0, 0.05) is 17.5 Å². The normalized spacial score (nSPS) is 24.1. The second-order valence-corrected chi connectivity index (χ2v) is 6.53. The summed E-state index contributed by atoms with van der Waals surface area (Å²) in [4.78, 5) is 0.466. The lowest BCUT2D eigenvalue weighted by Gasteiger charge is -2.15. The molecule has 0 N–H and O–H groups in total. The van der Waals surface area contributed by atoms with Gasteiger partial charge >= 0.3 is 0 Å². The third kappa shape index (κ3) is 1.74. The Morgan fingerprint density at radius 3 is 2.80 bits per heavy atom. The SMILES string of the molecule is CC1=Cc2c(ccc(Br)c2F)S(C)(=O)=N1. The lowest BCUT2D eigenvalue weighted by Crippen LogP contribution is -2.06. The van der Waals surface area contributed by atoms with Crippen LogP contribution in [0.15, 0.2) is 31.6 Å². The molecule has 0 radical (unpaired) electrons. The molecule has 80 valence electrons. The van der Waals surface area contributed by atoms with E-state index in [1.165, 1.54) is 6.26 Å². The summed E-state index contributed by atoms with van der Waals surface area (Å²) >= 11 is 3.10. The van der Waals surface area contributed by atoms with E-state index in [0.717, 1.165) is 0 Å². The first-order chi connectivity index (χ1) is 6.92. The molecule has 1 aromatic carbocycles. The predicted octanol–water partition coefficient (Wildman–Crippen LogP) is 3.42. The molecule has 0 bridgehead atoms. The summed E-state index contributed by atoms with van der Waals surface area (Å²) in [7, 11) is -2.48.